The molecule has 0 amide bonds. The Morgan fingerprint density at radius 3 is 2.79 bits per heavy atom. The minimum absolute atomic E-state index is 0.131. The van der Waals surface area contributed by atoms with E-state index in [1.165, 1.54) is 0 Å². The molecule has 0 radical (unpaired) electrons. The van der Waals surface area contributed by atoms with Crippen molar-refractivity contribution in [3.05, 3.63) is 11.6 Å². The van der Waals surface area contributed by atoms with Crippen LogP contribution in [-0.2, 0) is 14.3 Å². The quantitative estimate of drug-likeness (QED) is 0.550. The summed E-state index contributed by atoms with van der Waals surface area (Å²) in [5.74, 6) is -0.00324. The molecule has 1 heterocycles. The van der Waals surface area contributed by atoms with Gasteiger partial charge in [-0.25, -0.2) is 0 Å². The fraction of sp³-hybridized carbons (Fsp3) is 0.636. The molecule has 1 unspecified atom stereocenters. The summed E-state index contributed by atoms with van der Waals surface area (Å²) < 4.78 is 5.09. The number of hydrogen-bond acceptors (Lipinski definition) is 3. The summed E-state index contributed by atoms with van der Waals surface area (Å²) in [6.07, 6.45) is 4.46. The van der Waals surface area contributed by atoms with Crippen LogP contribution in [0, 0.1) is 5.41 Å². The smallest absolute Gasteiger partial charge is 0.316 e. The fourth-order valence-electron chi connectivity index (χ4n) is 2.35. The van der Waals surface area contributed by atoms with Gasteiger partial charge in [-0.05, 0) is 32.3 Å². The number of rotatable bonds is 0. The van der Waals surface area contributed by atoms with Crippen LogP contribution in [0.25, 0.3) is 0 Å². The number of allylic oxidation sites excluding steroid dienone is 1. The van der Waals surface area contributed by atoms with Gasteiger partial charge in [0.25, 0.3) is 0 Å². The van der Waals surface area contributed by atoms with E-state index in [1.54, 1.807) is 6.08 Å². The van der Waals surface area contributed by atoms with Crippen LogP contribution < -0.4 is 0 Å². The van der Waals surface area contributed by atoms with Crippen LogP contribution in [0.15, 0.2) is 11.6 Å². The molecule has 0 aromatic rings. The maximum absolute atomic E-state index is 11.7. The van der Waals surface area contributed by atoms with Crippen molar-refractivity contribution >= 4 is 11.8 Å². The van der Waals surface area contributed by atoms with E-state index in [-0.39, 0.29) is 11.8 Å². The van der Waals surface area contributed by atoms with E-state index in [0.717, 1.165) is 18.4 Å². The predicted molar refractivity (Wildman–Crippen MR) is 50.6 cm³/mol. The van der Waals surface area contributed by atoms with Gasteiger partial charge < -0.3 is 4.74 Å². The van der Waals surface area contributed by atoms with Crippen molar-refractivity contribution in [1.82, 2.24) is 0 Å². The maximum Gasteiger partial charge on any atom is 0.316 e. The zero-order valence-corrected chi connectivity index (χ0v) is 8.34. The summed E-state index contributed by atoms with van der Waals surface area (Å²) in [6.45, 7) is 2.39. The van der Waals surface area contributed by atoms with Crippen molar-refractivity contribution in [2.75, 3.05) is 6.61 Å². The topological polar surface area (TPSA) is 43.4 Å². The lowest BCUT2D eigenvalue weighted by Crippen LogP contribution is -2.40. The Hall–Kier alpha value is -1.12. The van der Waals surface area contributed by atoms with Crippen LogP contribution in [0.4, 0.5) is 0 Å². The third-order valence-electron chi connectivity index (χ3n) is 3.30. The molecule has 0 aromatic heterocycles. The van der Waals surface area contributed by atoms with Gasteiger partial charge in [0, 0.05) is 6.42 Å². The van der Waals surface area contributed by atoms with Crippen molar-refractivity contribution in [2.24, 2.45) is 5.41 Å². The van der Waals surface area contributed by atoms with Crippen LogP contribution in [0.5, 0.6) is 0 Å². The molecule has 14 heavy (non-hydrogen) atoms. The molecule has 1 aliphatic carbocycles. The third kappa shape index (κ3) is 1.27. The molecule has 1 aliphatic heterocycles. The second kappa shape index (κ2) is 3.23. The van der Waals surface area contributed by atoms with Gasteiger partial charge in [-0.3, -0.25) is 9.59 Å². The molecular weight excluding hydrogens is 180 g/mol. The van der Waals surface area contributed by atoms with Crippen LogP contribution in [0.2, 0.25) is 0 Å². The highest BCUT2D eigenvalue weighted by Crippen LogP contribution is 2.43. The van der Waals surface area contributed by atoms with Gasteiger partial charge in [-0.15, -0.1) is 0 Å². The SMILES string of the molecule is CC1=CC(=O)CCC12CCCOC2=O. The summed E-state index contributed by atoms with van der Waals surface area (Å²) in [6, 6.07) is 0. The zero-order valence-electron chi connectivity index (χ0n) is 8.34. The Labute approximate surface area is 83.1 Å². The van der Waals surface area contributed by atoms with E-state index in [4.69, 9.17) is 4.74 Å². The highest BCUT2D eigenvalue weighted by Gasteiger charge is 2.45. The molecule has 0 aromatic carbocycles. The number of ether oxygens (including phenoxy) is 1. The van der Waals surface area contributed by atoms with Crippen LogP contribution in [0.1, 0.15) is 32.6 Å². The minimum Gasteiger partial charge on any atom is -0.465 e. The second-order valence-corrected chi connectivity index (χ2v) is 4.12. The van der Waals surface area contributed by atoms with E-state index < -0.39 is 5.41 Å². The number of esters is 1. The first-order valence-electron chi connectivity index (χ1n) is 5.04. The number of hydrogen-bond donors (Lipinski definition) is 0. The van der Waals surface area contributed by atoms with Crippen molar-refractivity contribution in [3.8, 4) is 0 Å². The van der Waals surface area contributed by atoms with Gasteiger partial charge in [0.05, 0.1) is 12.0 Å². The van der Waals surface area contributed by atoms with E-state index >= 15 is 0 Å². The van der Waals surface area contributed by atoms with Crippen LogP contribution in [0.3, 0.4) is 0 Å². The van der Waals surface area contributed by atoms with Crippen LogP contribution in [-0.4, -0.2) is 18.4 Å². The van der Waals surface area contributed by atoms with Gasteiger partial charge in [-0.1, -0.05) is 5.57 Å². The summed E-state index contributed by atoms with van der Waals surface area (Å²) in [4.78, 5) is 22.9. The Morgan fingerprint density at radius 2 is 2.14 bits per heavy atom. The molecule has 0 saturated carbocycles. The monoisotopic (exact) mass is 194 g/mol. The zero-order chi connectivity index (χ0) is 10.2. The molecule has 1 spiro atoms. The standard InChI is InChI=1S/C11H14O3/c1-8-7-9(12)3-5-11(8)4-2-6-14-10(11)13/h7H,2-6H2,1H3. The van der Waals surface area contributed by atoms with E-state index in [0.29, 0.717) is 19.4 Å². The average Bonchev–Trinajstić information content (AvgIpc) is 2.15. The summed E-state index contributed by atoms with van der Waals surface area (Å²) >= 11 is 0. The molecule has 76 valence electrons. The fourth-order valence-corrected chi connectivity index (χ4v) is 2.35. The van der Waals surface area contributed by atoms with E-state index in [2.05, 4.69) is 0 Å². The number of carbonyl (C=O) groups excluding carboxylic acids is 2. The number of carbonyl (C=O) groups is 2. The summed E-state index contributed by atoms with van der Waals surface area (Å²) in [5, 5.41) is 0. The number of ketones is 1. The Kier molecular flexibility index (Phi) is 2.17. The highest BCUT2D eigenvalue weighted by molar-refractivity contribution is 5.95. The highest BCUT2D eigenvalue weighted by atomic mass is 16.5. The van der Waals surface area contributed by atoms with Crippen LogP contribution >= 0.6 is 0 Å². The lowest BCUT2D eigenvalue weighted by atomic mass is 9.69. The Balaban J connectivity index is 2.34. The first-order chi connectivity index (χ1) is 6.65. The summed E-state index contributed by atoms with van der Waals surface area (Å²) in [7, 11) is 0. The molecule has 0 N–H and O–H groups in total. The maximum atomic E-state index is 11.7. The molecular formula is C11H14O3. The van der Waals surface area contributed by atoms with Gasteiger partial charge in [0.1, 0.15) is 0 Å². The lowest BCUT2D eigenvalue weighted by Gasteiger charge is -2.37. The molecule has 1 atom stereocenters. The lowest BCUT2D eigenvalue weighted by molar-refractivity contribution is -0.160. The van der Waals surface area contributed by atoms with Gasteiger partial charge in [0.2, 0.25) is 0 Å². The molecule has 1 saturated heterocycles. The minimum atomic E-state index is -0.466. The third-order valence-corrected chi connectivity index (χ3v) is 3.30. The van der Waals surface area contributed by atoms with Crippen molar-refractivity contribution in [3.63, 3.8) is 0 Å². The van der Waals surface area contributed by atoms with Crippen molar-refractivity contribution < 1.29 is 14.3 Å². The van der Waals surface area contributed by atoms with E-state index in [9.17, 15) is 9.59 Å². The first kappa shape index (κ1) is 9.44. The predicted octanol–water partition coefficient (Wildman–Crippen LogP) is 1.62. The molecule has 2 aliphatic rings. The normalized spacial score (nSPS) is 32.8. The van der Waals surface area contributed by atoms with Crippen molar-refractivity contribution in [1.29, 1.82) is 0 Å². The van der Waals surface area contributed by atoms with Gasteiger partial charge in [-0.2, -0.15) is 0 Å². The van der Waals surface area contributed by atoms with Crippen molar-refractivity contribution in [2.45, 2.75) is 32.6 Å². The molecule has 3 nitrogen and oxygen atoms in total. The van der Waals surface area contributed by atoms with Gasteiger partial charge in [0.15, 0.2) is 5.78 Å². The van der Waals surface area contributed by atoms with E-state index in [1.807, 2.05) is 6.92 Å². The largest absolute Gasteiger partial charge is 0.465 e. The second-order valence-electron chi connectivity index (χ2n) is 4.12. The number of cyclic esters (lactones) is 1. The molecule has 0 bridgehead atoms. The summed E-state index contributed by atoms with van der Waals surface area (Å²) in [5.41, 5.74) is 0.421. The first-order valence-corrected chi connectivity index (χ1v) is 5.04. The van der Waals surface area contributed by atoms with Gasteiger partial charge >= 0.3 is 5.97 Å². The average molecular weight is 194 g/mol. The molecule has 2 rings (SSSR count). The molecule has 3 heteroatoms. The molecule has 1 fully saturated rings. The Bertz CT molecular complexity index is 316. The Morgan fingerprint density at radius 1 is 1.36 bits per heavy atom.